The summed E-state index contributed by atoms with van der Waals surface area (Å²) in [6, 6.07) is 0. The number of carboxylic acids is 1. The first-order chi connectivity index (χ1) is 10.7. The van der Waals surface area contributed by atoms with Crippen LogP contribution in [0.2, 0.25) is 0 Å². The predicted octanol–water partition coefficient (Wildman–Crippen LogP) is 4.18. The van der Waals surface area contributed by atoms with E-state index in [1.807, 2.05) is 13.0 Å². The Morgan fingerprint density at radius 3 is 2.61 bits per heavy atom. The molecule has 3 aliphatic rings. The Bertz CT molecular complexity index is 565. The fourth-order valence-electron chi connectivity index (χ4n) is 5.88. The number of hydrogen-bond donors (Lipinski definition) is 2. The van der Waals surface area contributed by atoms with Gasteiger partial charge in [-0.2, -0.15) is 0 Å². The molecule has 3 nitrogen and oxygen atoms in total. The van der Waals surface area contributed by atoms with Crippen molar-refractivity contribution in [1.29, 1.82) is 0 Å². The fourth-order valence-corrected chi connectivity index (χ4v) is 5.88. The van der Waals surface area contributed by atoms with Crippen molar-refractivity contribution < 1.29 is 15.0 Å². The molecular formula is C20H30O3. The van der Waals surface area contributed by atoms with Crippen LogP contribution < -0.4 is 0 Å². The summed E-state index contributed by atoms with van der Waals surface area (Å²) < 4.78 is 0. The molecule has 0 aromatic rings. The molecule has 0 spiro atoms. The molecule has 0 aliphatic heterocycles. The number of allylic oxidation sites excluding steroid dienone is 1. The van der Waals surface area contributed by atoms with E-state index in [0.717, 1.165) is 44.1 Å². The van der Waals surface area contributed by atoms with E-state index < -0.39 is 17.5 Å². The van der Waals surface area contributed by atoms with Crippen LogP contribution in [0.4, 0.5) is 0 Å². The maximum atomic E-state index is 12.0. The lowest BCUT2D eigenvalue weighted by Gasteiger charge is -2.59. The highest BCUT2D eigenvalue weighted by molar-refractivity contribution is 5.75. The summed E-state index contributed by atoms with van der Waals surface area (Å²) in [6.45, 7) is 10.2. The van der Waals surface area contributed by atoms with Crippen LogP contribution in [0.25, 0.3) is 0 Å². The van der Waals surface area contributed by atoms with Gasteiger partial charge in [-0.25, -0.2) is 0 Å². The van der Waals surface area contributed by atoms with Crippen LogP contribution >= 0.6 is 0 Å². The predicted molar refractivity (Wildman–Crippen MR) is 90.9 cm³/mol. The van der Waals surface area contributed by atoms with Gasteiger partial charge in [-0.1, -0.05) is 32.4 Å². The largest absolute Gasteiger partial charge is 0.481 e. The second-order valence-corrected chi connectivity index (χ2v) is 8.78. The molecule has 0 aromatic carbocycles. The summed E-state index contributed by atoms with van der Waals surface area (Å²) in [4.78, 5) is 12.0. The zero-order valence-corrected chi connectivity index (χ0v) is 14.6. The van der Waals surface area contributed by atoms with Gasteiger partial charge in [0, 0.05) is 5.41 Å². The van der Waals surface area contributed by atoms with Crippen molar-refractivity contribution in [2.75, 3.05) is 0 Å². The average molecular weight is 318 g/mol. The molecule has 0 heterocycles. The number of hydrogen-bond acceptors (Lipinski definition) is 2. The van der Waals surface area contributed by atoms with Gasteiger partial charge in [-0.05, 0) is 61.9 Å². The highest BCUT2D eigenvalue weighted by atomic mass is 16.4. The van der Waals surface area contributed by atoms with Crippen molar-refractivity contribution in [3.8, 4) is 0 Å². The van der Waals surface area contributed by atoms with E-state index in [2.05, 4.69) is 26.5 Å². The molecule has 0 aromatic heterocycles. The minimum absolute atomic E-state index is 0.0149. The van der Waals surface area contributed by atoms with Crippen LogP contribution in [0.15, 0.2) is 24.3 Å². The average Bonchev–Trinajstić information content (AvgIpc) is 2.50. The topological polar surface area (TPSA) is 57.5 Å². The molecule has 2 N–H and O–H groups in total. The molecule has 2 saturated carbocycles. The summed E-state index contributed by atoms with van der Waals surface area (Å²) in [5.41, 5.74) is 0.237. The van der Waals surface area contributed by atoms with Crippen molar-refractivity contribution in [3.63, 3.8) is 0 Å². The number of fused-ring (bicyclic) bond motifs is 3. The summed E-state index contributed by atoms with van der Waals surface area (Å²) in [5.74, 6) is -0.184. The number of rotatable bonds is 2. The maximum Gasteiger partial charge on any atom is 0.309 e. The molecule has 3 heteroatoms. The maximum absolute atomic E-state index is 12.0. The van der Waals surface area contributed by atoms with E-state index in [1.54, 1.807) is 0 Å². The molecule has 0 bridgehead atoms. The van der Waals surface area contributed by atoms with Crippen molar-refractivity contribution in [2.45, 2.75) is 65.4 Å². The Balaban J connectivity index is 2.03. The lowest BCUT2D eigenvalue weighted by atomic mass is 9.45. The van der Waals surface area contributed by atoms with E-state index in [0.29, 0.717) is 5.92 Å². The van der Waals surface area contributed by atoms with Gasteiger partial charge in [-0.3, -0.25) is 4.79 Å². The Hall–Kier alpha value is -1.09. The van der Waals surface area contributed by atoms with Crippen LogP contribution in [0, 0.1) is 28.1 Å². The van der Waals surface area contributed by atoms with Crippen molar-refractivity contribution in [3.05, 3.63) is 24.3 Å². The molecule has 3 rings (SSSR count). The third-order valence-corrected chi connectivity index (χ3v) is 7.63. The lowest BCUT2D eigenvalue weighted by molar-refractivity contribution is -0.163. The Morgan fingerprint density at radius 1 is 1.30 bits per heavy atom. The molecule has 0 saturated heterocycles. The van der Waals surface area contributed by atoms with E-state index in [9.17, 15) is 15.0 Å². The molecule has 0 amide bonds. The first kappa shape index (κ1) is 16.8. The van der Waals surface area contributed by atoms with Gasteiger partial charge in [0.25, 0.3) is 0 Å². The number of carbonyl (C=O) groups is 1. The normalized spacial score (nSPS) is 49.6. The first-order valence-corrected chi connectivity index (χ1v) is 8.94. The molecule has 6 atom stereocenters. The second kappa shape index (κ2) is 5.20. The number of aliphatic hydroxyl groups is 1. The monoisotopic (exact) mass is 318 g/mol. The van der Waals surface area contributed by atoms with Crippen molar-refractivity contribution >= 4 is 5.97 Å². The third kappa shape index (κ3) is 2.15. The van der Waals surface area contributed by atoms with E-state index >= 15 is 0 Å². The Labute approximate surface area is 139 Å². The van der Waals surface area contributed by atoms with Crippen molar-refractivity contribution in [2.24, 2.45) is 28.1 Å². The smallest absolute Gasteiger partial charge is 0.309 e. The first-order valence-electron chi connectivity index (χ1n) is 8.94. The Morgan fingerprint density at radius 2 is 2.00 bits per heavy atom. The summed E-state index contributed by atoms with van der Waals surface area (Å²) in [6.07, 6.45) is 9.10. The van der Waals surface area contributed by atoms with Gasteiger partial charge in [0.2, 0.25) is 0 Å². The van der Waals surface area contributed by atoms with Crippen LogP contribution in [-0.4, -0.2) is 22.3 Å². The third-order valence-electron chi connectivity index (χ3n) is 7.63. The lowest BCUT2D eigenvalue weighted by Crippen LogP contribution is -2.56. The zero-order chi connectivity index (χ0) is 17.0. The minimum atomic E-state index is -0.655. The van der Waals surface area contributed by atoms with Gasteiger partial charge < -0.3 is 10.2 Å². The number of aliphatic hydroxyl groups excluding tert-OH is 1. The highest BCUT2D eigenvalue weighted by Crippen LogP contribution is 2.63. The standard InChI is InChI=1S/C20H30O3/c1-5-18(2)12-9-14-13(16(18)21)7-8-15-19(14,3)10-6-11-20(15,4)17(22)23/h5,7,14-16,21H,1,6,8-12H2,2-4H3,(H,22,23)/t14?,15-,16-,18?,19-,20+/m0/s1. The van der Waals surface area contributed by atoms with Gasteiger partial charge >= 0.3 is 5.97 Å². The molecule has 2 unspecified atom stereocenters. The van der Waals surface area contributed by atoms with E-state index in [-0.39, 0.29) is 16.7 Å². The van der Waals surface area contributed by atoms with Crippen LogP contribution in [-0.2, 0) is 4.79 Å². The Kier molecular flexibility index (Phi) is 3.79. The highest BCUT2D eigenvalue weighted by Gasteiger charge is 2.59. The van der Waals surface area contributed by atoms with E-state index in [4.69, 9.17) is 0 Å². The summed E-state index contributed by atoms with van der Waals surface area (Å²) in [5, 5.41) is 20.7. The van der Waals surface area contributed by atoms with Gasteiger partial charge in [0.05, 0.1) is 11.5 Å². The molecule has 0 radical (unpaired) electrons. The zero-order valence-electron chi connectivity index (χ0n) is 14.6. The molecule has 3 aliphatic carbocycles. The molecule has 2 fully saturated rings. The fraction of sp³-hybridized carbons (Fsp3) is 0.750. The summed E-state index contributed by atoms with van der Waals surface area (Å²) >= 11 is 0. The quantitative estimate of drug-likeness (QED) is 0.751. The SMILES string of the molecule is C=CC1(C)CCC2C(=CC[C@@H]3[C@](C)(C(=O)O)CCC[C@@]23C)[C@@H]1O. The minimum Gasteiger partial charge on any atom is -0.481 e. The van der Waals surface area contributed by atoms with E-state index in [1.165, 1.54) is 0 Å². The van der Waals surface area contributed by atoms with Crippen LogP contribution in [0.5, 0.6) is 0 Å². The number of aliphatic carboxylic acids is 1. The van der Waals surface area contributed by atoms with Gasteiger partial charge in [0.15, 0.2) is 0 Å². The molecule has 128 valence electrons. The molecule has 23 heavy (non-hydrogen) atoms. The van der Waals surface area contributed by atoms with Crippen molar-refractivity contribution in [1.82, 2.24) is 0 Å². The van der Waals surface area contributed by atoms with Gasteiger partial charge in [-0.15, -0.1) is 6.58 Å². The van der Waals surface area contributed by atoms with Crippen LogP contribution in [0.3, 0.4) is 0 Å². The summed E-state index contributed by atoms with van der Waals surface area (Å²) in [7, 11) is 0. The number of carboxylic acid groups (broad SMARTS) is 1. The second-order valence-electron chi connectivity index (χ2n) is 8.78. The molecular weight excluding hydrogens is 288 g/mol. The van der Waals surface area contributed by atoms with Gasteiger partial charge in [0.1, 0.15) is 0 Å². The van der Waals surface area contributed by atoms with Crippen LogP contribution in [0.1, 0.15) is 59.3 Å².